The molecule has 6 heteroatoms. The van der Waals surface area contributed by atoms with E-state index in [1.54, 1.807) is 24.1 Å². The van der Waals surface area contributed by atoms with Gasteiger partial charge < -0.3 is 19.4 Å². The van der Waals surface area contributed by atoms with Crippen LogP contribution in [0, 0.1) is 0 Å². The molecule has 2 aromatic carbocycles. The lowest BCUT2D eigenvalue weighted by Gasteiger charge is -2.23. The molecule has 0 aliphatic carbocycles. The Labute approximate surface area is 157 Å². The summed E-state index contributed by atoms with van der Waals surface area (Å²) in [5.74, 6) is 0.744. The fourth-order valence-corrected chi connectivity index (χ4v) is 2.63. The van der Waals surface area contributed by atoms with Crippen LogP contribution < -0.4 is 10.1 Å². The summed E-state index contributed by atoms with van der Waals surface area (Å²) < 4.78 is 11.2. The molecule has 0 aliphatic heterocycles. The standard InChI is InChI=1S/C21H22N2O4/c1-15(19-12-16-8-6-7-11-18(16)27-19)23(2)21(25)13-22-20(24)14-26-17-9-4-3-5-10-17/h3-12,15H,13-14H2,1-2H3,(H,22,24). The van der Waals surface area contributed by atoms with Crippen molar-refractivity contribution in [3.05, 3.63) is 66.4 Å². The van der Waals surface area contributed by atoms with Crippen molar-refractivity contribution < 1.29 is 18.7 Å². The molecule has 1 atom stereocenters. The third kappa shape index (κ3) is 4.67. The number of nitrogens with one attached hydrogen (secondary N) is 1. The van der Waals surface area contributed by atoms with Crippen LogP contribution >= 0.6 is 0 Å². The number of fused-ring (bicyclic) bond motifs is 1. The zero-order chi connectivity index (χ0) is 19.2. The van der Waals surface area contributed by atoms with Gasteiger partial charge in [0.2, 0.25) is 5.91 Å². The number of furan rings is 1. The Morgan fingerprint density at radius 2 is 1.81 bits per heavy atom. The first-order valence-corrected chi connectivity index (χ1v) is 8.73. The molecule has 0 fully saturated rings. The van der Waals surface area contributed by atoms with Crippen molar-refractivity contribution in [2.45, 2.75) is 13.0 Å². The third-order valence-electron chi connectivity index (χ3n) is 4.38. The molecule has 6 nitrogen and oxygen atoms in total. The second kappa shape index (κ2) is 8.40. The van der Waals surface area contributed by atoms with Gasteiger partial charge in [-0.15, -0.1) is 0 Å². The monoisotopic (exact) mass is 366 g/mol. The van der Waals surface area contributed by atoms with E-state index in [-0.39, 0.29) is 31.0 Å². The molecule has 0 saturated carbocycles. The number of amides is 2. The number of benzene rings is 2. The van der Waals surface area contributed by atoms with Gasteiger partial charge in [0, 0.05) is 12.4 Å². The van der Waals surface area contributed by atoms with E-state index in [0.717, 1.165) is 11.0 Å². The summed E-state index contributed by atoms with van der Waals surface area (Å²) in [5, 5.41) is 3.57. The van der Waals surface area contributed by atoms with E-state index in [1.807, 2.05) is 55.5 Å². The SMILES string of the molecule is CC(c1cc2ccccc2o1)N(C)C(=O)CNC(=O)COc1ccccc1. The van der Waals surface area contributed by atoms with E-state index in [4.69, 9.17) is 9.15 Å². The lowest BCUT2D eigenvalue weighted by Crippen LogP contribution is -2.40. The molecule has 1 heterocycles. The maximum absolute atomic E-state index is 12.4. The molecule has 1 N–H and O–H groups in total. The molecule has 140 valence electrons. The molecule has 2 amide bonds. The van der Waals surface area contributed by atoms with Crippen LogP contribution in [0.5, 0.6) is 5.75 Å². The van der Waals surface area contributed by atoms with Crippen LogP contribution in [0.1, 0.15) is 18.7 Å². The average molecular weight is 366 g/mol. The van der Waals surface area contributed by atoms with Crippen molar-refractivity contribution in [1.82, 2.24) is 10.2 Å². The first kappa shape index (κ1) is 18.5. The van der Waals surface area contributed by atoms with Crippen molar-refractivity contribution in [3.63, 3.8) is 0 Å². The molecule has 1 unspecified atom stereocenters. The summed E-state index contributed by atoms with van der Waals surface area (Å²) in [4.78, 5) is 25.8. The maximum Gasteiger partial charge on any atom is 0.258 e. The van der Waals surface area contributed by atoms with E-state index >= 15 is 0 Å². The fourth-order valence-electron chi connectivity index (χ4n) is 2.63. The molecule has 3 rings (SSSR count). The van der Waals surface area contributed by atoms with Crippen LogP contribution in [-0.4, -0.2) is 36.9 Å². The molecule has 27 heavy (non-hydrogen) atoms. The highest BCUT2D eigenvalue weighted by Crippen LogP contribution is 2.26. The van der Waals surface area contributed by atoms with Gasteiger partial charge in [0.15, 0.2) is 6.61 Å². The van der Waals surface area contributed by atoms with Crippen molar-refractivity contribution in [3.8, 4) is 5.75 Å². The van der Waals surface area contributed by atoms with E-state index in [0.29, 0.717) is 11.5 Å². The number of para-hydroxylation sites is 2. The van der Waals surface area contributed by atoms with Crippen LogP contribution in [0.15, 0.2) is 65.1 Å². The highest BCUT2D eigenvalue weighted by atomic mass is 16.5. The number of hydrogen-bond donors (Lipinski definition) is 1. The molecule has 0 spiro atoms. The predicted molar refractivity (Wildman–Crippen MR) is 102 cm³/mol. The first-order valence-electron chi connectivity index (χ1n) is 8.73. The van der Waals surface area contributed by atoms with Gasteiger partial charge in [0.1, 0.15) is 17.1 Å². The van der Waals surface area contributed by atoms with Crippen LogP contribution in [-0.2, 0) is 9.59 Å². The second-order valence-electron chi connectivity index (χ2n) is 6.25. The summed E-state index contributed by atoms with van der Waals surface area (Å²) in [6.45, 7) is 1.65. The minimum absolute atomic E-state index is 0.0992. The minimum Gasteiger partial charge on any atom is -0.484 e. The zero-order valence-electron chi connectivity index (χ0n) is 15.3. The number of nitrogens with zero attached hydrogens (tertiary/aromatic N) is 1. The molecule has 3 aromatic rings. The lowest BCUT2D eigenvalue weighted by molar-refractivity contribution is -0.134. The smallest absolute Gasteiger partial charge is 0.258 e. The van der Waals surface area contributed by atoms with Crippen LogP contribution in [0.2, 0.25) is 0 Å². The van der Waals surface area contributed by atoms with Crippen molar-refractivity contribution in [2.24, 2.45) is 0 Å². The Morgan fingerprint density at radius 1 is 1.11 bits per heavy atom. The summed E-state index contributed by atoms with van der Waals surface area (Å²) in [6, 6.07) is 18.4. The lowest BCUT2D eigenvalue weighted by atomic mass is 10.2. The Morgan fingerprint density at radius 3 is 2.56 bits per heavy atom. The quantitative estimate of drug-likeness (QED) is 0.697. The van der Waals surface area contributed by atoms with Gasteiger partial charge in [0.25, 0.3) is 5.91 Å². The third-order valence-corrected chi connectivity index (χ3v) is 4.38. The maximum atomic E-state index is 12.4. The normalized spacial score (nSPS) is 11.8. The number of carbonyl (C=O) groups excluding carboxylic acids is 2. The van der Waals surface area contributed by atoms with Gasteiger partial charge in [-0.3, -0.25) is 9.59 Å². The van der Waals surface area contributed by atoms with Gasteiger partial charge in [-0.2, -0.15) is 0 Å². The van der Waals surface area contributed by atoms with Gasteiger partial charge in [-0.25, -0.2) is 0 Å². The Hall–Kier alpha value is -3.28. The molecular weight excluding hydrogens is 344 g/mol. The van der Waals surface area contributed by atoms with E-state index < -0.39 is 0 Å². The van der Waals surface area contributed by atoms with Crippen molar-refractivity contribution in [1.29, 1.82) is 0 Å². The van der Waals surface area contributed by atoms with Crippen molar-refractivity contribution in [2.75, 3.05) is 20.2 Å². The Bertz CT molecular complexity index is 887. The van der Waals surface area contributed by atoms with E-state index in [2.05, 4.69) is 5.32 Å². The van der Waals surface area contributed by atoms with Crippen LogP contribution in [0.4, 0.5) is 0 Å². The number of hydrogen-bond acceptors (Lipinski definition) is 4. The molecule has 0 radical (unpaired) electrons. The summed E-state index contributed by atoms with van der Waals surface area (Å²) in [7, 11) is 1.69. The number of carbonyl (C=O) groups is 2. The minimum atomic E-state index is -0.350. The van der Waals surface area contributed by atoms with Crippen molar-refractivity contribution >= 4 is 22.8 Å². The van der Waals surface area contributed by atoms with Crippen LogP contribution in [0.3, 0.4) is 0 Å². The molecule has 1 aromatic heterocycles. The molecule has 0 bridgehead atoms. The molecule has 0 saturated heterocycles. The van der Waals surface area contributed by atoms with Gasteiger partial charge in [-0.05, 0) is 31.2 Å². The predicted octanol–water partition coefficient (Wildman–Crippen LogP) is 3.15. The molecular formula is C21H22N2O4. The summed E-state index contributed by atoms with van der Waals surface area (Å²) in [5.41, 5.74) is 0.784. The van der Waals surface area contributed by atoms with Gasteiger partial charge >= 0.3 is 0 Å². The van der Waals surface area contributed by atoms with E-state index in [1.165, 1.54) is 0 Å². The highest BCUT2D eigenvalue weighted by Gasteiger charge is 2.21. The van der Waals surface area contributed by atoms with E-state index in [9.17, 15) is 9.59 Å². The summed E-state index contributed by atoms with van der Waals surface area (Å²) in [6.07, 6.45) is 0. The highest BCUT2D eigenvalue weighted by molar-refractivity contribution is 5.85. The van der Waals surface area contributed by atoms with Gasteiger partial charge in [-0.1, -0.05) is 36.4 Å². The second-order valence-corrected chi connectivity index (χ2v) is 6.25. The number of likely N-dealkylation sites (N-methyl/N-ethyl adjacent to an activating group) is 1. The number of rotatable bonds is 7. The topological polar surface area (TPSA) is 71.8 Å². The first-order chi connectivity index (χ1) is 13.0. The van der Waals surface area contributed by atoms with Gasteiger partial charge in [0.05, 0.1) is 12.6 Å². The Balaban J connectivity index is 1.50. The zero-order valence-corrected chi connectivity index (χ0v) is 15.3. The fraction of sp³-hybridized carbons (Fsp3) is 0.238. The largest absolute Gasteiger partial charge is 0.484 e. The number of ether oxygens (including phenoxy) is 1. The Kier molecular flexibility index (Phi) is 5.76. The average Bonchev–Trinajstić information content (AvgIpc) is 3.14. The molecule has 0 aliphatic rings. The summed E-state index contributed by atoms with van der Waals surface area (Å²) >= 11 is 0. The van der Waals surface area contributed by atoms with Crippen LogP contribution in [0.25, 0.3) is 11.0 Å².